The van der Waals surface area contributed by atoms with E-state index in [0.717, 1.165) is 31.7 Å². The van der Waals surface area contributed by atoms with Crippen LogP contribution in [0.4, 0.5) is 0 Å². The number of hydrogen-bond donors (Lipinski definition) is 1. The van der Waals surface area contributed by atoms with Crippen LogP contribution in [0.2, 0.25) is 0 Å². The van der Waals surface area contributed by atoms with Crippen LogP contribution < -0.4 is 5.73 Å². The summed E-state index contributed by atoms with van der Waals surface area (Å²) in [6, 6.07) is 6.03. The van der Waals surface area contributed by atoms with Crippen LogP contribution in [0.3, 0.4) is 0 Å². The fourth-order valence-electron chi connectivity index (χ4n) is 1.74. The van der Waals surface area contributed by atoms with Gasteiger partial charge in [0.25, 0.3) is 0 Å². The van der Waals surface area contributed by atoms with E-state index in [4.69, 9.17) is 5.73 Å². The maximum absolute atomic E-state index is 5.53. The molecule has 1 rings (SSSR count). The molecule has 0 saturated heterocycles. The third-order valence-corrected chi connectivity index (χ3v) is 2.44. The molecule has 0 fully saturated rings. The van der Waals surface area contributed by atoms with Crippen molar-refractivity contribution in [2.24, 2.45) is 11.7 Å². The highest BCUT2D eigenvalue weighted by Crippen LogP contribution is 2.05. The molecular formula is C12H21N3. The number of aromatic nitrogens is 1. The van der Waals surface area contributed by atoms with E-state index in [2.05, 4.69) is 29.9 Å². The molecule has 0 aliphatic heterocycles. The summed E-state index contributed by atoms with van der Waals surface area (Å²) in [5.74, 6) is 0.656. The Kier molecular flexibility index (Phi) is 5.29. The third kappa shape index (κ3) is 4.91. The van der Waals surface area contributed by atoms with Crippen molar-refractivity contribution in [3.63, 3.8) is 0 Å². The monoisotopic (exact) mass is 207 g/mol. The van der Waals surface area contributed by atoms with Gasteiger partial charge in [-0.05, 0) is 38.1 Å². The van der Waals surface area contributed by atoms with Crippen molar-refractivity contribution in [1.82, 2.24) is 9.88 Å². The van der Waals surface area contributed by atoms with E-state index in [9.17, 15) is 0 Å². The molecular weight excluding hydrogens is 186 g/mol. The molecule has 3 nitrogen and oxygen atoms in total. The van der Waals surface area contributed by atoms with E-state index >= 15 is 0 Å². The molecule has 15 heavy (non-hydrogen) atoms. The second-order valence-corrected chi connectivity index (χ2v) is 4.20. The highest BCUT2D eigenvalue weighted by Gasteiger charge is 2.06. The van der Waals surface area contributed by atoms with Crippen LogP contribution >= 0.6 is 0 Å². The van der Waals surface area contributed by atoms with Crippen LogP contribution in [0.15, 0.2) is 24.4 Å². The van der Waals surface area contributed by atoms with E-state index in [0.29, 0.717) is 5.92 Å². The van der Waals surface area contributed by atoms with Gasteiger partial charge in [-0.25, -0.2) is 0 Å². The van der Waals surface area contributed by atoms with Crippen molar-refractivity contribution in [2.75, 3.05) is 20.1 Å². The quantitative estimate of drug-likeness (QED) is 0.768. The van der Waals surface area contributed by atoms with Crippen molar-refractivity contribution < 1.29 is 0 Å². The molecule has 1 unspecified atom stereocenters. The van der Waals surface area contributed by atoms with Gasteiger partial charge in [0.2, 0.25) is 0 Å². The lowest BCUT2D eigenvalue weighted by molar-refractivity contribution is 0.270. The summed E-state index contributed by atoms with van der Waals surface area (Å²) >= 11 is 0. The van der Waals surface area contributed by atoms with Gasteiger partial charge in [-0.3, -0.25) is 4.98 Å². The smallest absolute Gasteiger partial charge is 0.0543 e. The highest BCUT2D eigenvalue weighted by molar-refractivity contribution is 5.02. The van der Waals surface area contributed by atoms with E-state index in [-0.39, 0.29) is 0 Å². The van der Waals surface area contributed by atoms with Crippen molar-refractivity contribution in [2.45, 2.75) is 19.9 Å². The van der Waals surface area contributed by atoms with Crippen molar-refractivity contribution in [3.05, 3.63) is 30.1 Å². The first-order valence-corrected chi connectivity index (χ1v) is 5.51. The molecule has 3 heteroatoms. The molecule has 0 amide bonds. The molecule has 2 N–H and O–H groups in total. The molecule has 1 heterocycles. The van der Waals surface area contributed by atoms with E-state index < -0.39 is 0 Å². The Morgan fingerprint density at radius 2 is 2.27 bits per heavy atom. The zero-order valence-electron chi connectivity index (χ0n) is 9.69. The normalized spacial score (nSPS) is 13.1. The lowest BCUT2D eigenvalue weighted by Crippen LogP contribution is -2.25. The zero-order chi connectivity index (χ0) is 11.1. The predicted octanol–water partition coefficient (Wildman–Crippen LogP) is 1.50. The van der Waals surface area contributed by atoms with Gasteiger partial charge >= 0.3 is 0 Å². The zero-order valence-corrected chi connectivity index (χ0v) is 9.69. The number of pyridine rings is 1. The van der Waals surface area contributed by atoms with Crippen LogP contribution in [0, 0.1) is 5.92 Å². The summed E-state index contributed by atoms with van der Waals surface area (Å²) in [5.41, 5.74) is 6.65. The van der Waals surface area contributed by atoms with Gasteiger partial charge in [0, 0.05) is 19.3 Å². The van der Waals surface area contributed by atoms with Gasteiger partial charge in [0.05, 0.1) is 5.69 Å². The molecule has 0 aliphatic carbocycles. The van der Waals surface area contributed by atoms with Crippen molar-refractivity contribution >= 4 is 0 Å². The second kappa shape index (κ2) is 6.53. The van der Waals surface area contributed by atoms with Gasteiger partial charge < -0.3 is 10.6 Å². The predicted molar refractivity (Wildman–Crippen MR) is 63.4 cm³/mol. The number of hydrogen-bond acceptors (Lipinski definition) is 3. The summed E-state index contributed by atoms with van der Waals surface area (Å²) in [5, 5.41) is 0. The van der Waals surface area contributed by atoms with Gasteiger partial charge in [-0.15, -0.1) is 0 Å². The maximum Gasteiger partial charge on any atom is 0.0543 e. The van der Waals surface area contributed by atoms with Crippen LogP contribution in [-0.2, 0) is 6.54 Å². The number of nitrogens with two attached hydrogens (primary N) is 1. The number of nitrogens with zero attached hydrogens (tertiary/aromatic N) is 2. The van der Waals surface area contributed by atoms with Crippen molar-refractivity contribution in [1.29, 1.82) is 0 Å². The first-order chi connectivity index (χ1) is 7.22. The Bertz CT molecular complexity index is 261. The fourth-order valence-corrected chi connectivity index (χ4v) is 1.74. The molecule has 0 radical (unpaired) electrons. The van der Waals surface area contributed by atoms with Gasteiger partial charge in [0.15, 0.2) is 0 Å². The molecule has 0 spiro atoms. The molecule has 0 saturated carbocycles. The van der Waals surface area contributed by atoms with Crippen LogP contribution in [-0.4, -0.2) is 30.0 Å². The minimum absolute atomic E-state index is 0.656. The molecule has 0 aliphatic rings. The SMILES string of the molecule is CC(CCN)CN(C)Cc1ccccn1. The van der Waals surface area contributed by atoms with E-state index in [1.807, 2.05) is 18.3 Å². The Morgan fingerprint density at radius 3 is 2.87 bits per heavy atom. The molecule has 1 aromatic heterocycles. The molecule has 0 bridgehead atoms. The topological polar surface area (TPSA) is 42.1 Å². The third-order valence-electron chi connectivity index (χ3n) is 2.44. The van der Waals surface area contributed by atoms with Crippen LogP contribution in [0.1, 0.15) is 19.0 Å². The van der Waals surface area contributed by atoms with E-state index in [1.54, 1.807) is 0 Å². The van der Waals surface area contributed by atoms with Crippen molar-refractivity contribution in [3.8, 4) is 0 Å². The fraction of sp³-hybridized carbons (Fsp3) is 0.583. The summed E-state index contributed by atoms with van der Waals surface area (Å²) in [4.78, 5) is 6.60. The highest BCUT2D eigenvalue weighted by atomic mass is 15.1. The summed E-state index contributed by atoms with van der Waals surface area (Å²) in [7, 11) is 2.13. The molecule has 1 aromatic rings. The van der Waals surface area contributed by atoms with Crippen LogP contribution in [0.5, 0.6) is 0 Å². The standard InChI is InChI=1S/C12H21N3/c1-11(6-7-13)9-15(2)10-12-5-3-4-8-14-12/h3-5,8,11H,6-7,9-10,13H2,1-2H3. The first-order valence-electron chi connectivity index (χ1n) is 5.51. The molecule has 0 aromatic carbocycles. The molecule has 84 valence electrons. The van der Waals surface area contributed by atoms with Crippen LogP contribution in [0.25, 0.3) is 0 Å². The minimum atomic E-state index is 0.656. The molecule has 1 atom stereocenters. The van der Waals surface area contributed by atoms with Gasteiger partial charge in [0.1, 0.15) is 0 Å². The summed E-state index contributed by atoms with van der Waals surface area (Å²) < 4.78 is 0. The average Bonchev–Trinajstić information content (AvgIpc) is 2.19. The largest absolute Gasteiger partial charge is 0.330 e. The lowest BCUT2D eigenvalue weighted by Gasteiger charge is -2.20. The lowest BCUT2D eigenvalue weighted by atomic mass is 10.1. The second-order valence-electron chi connectivity index (χ2n) is 4.20. The average molecular weight is 207 g/mol. The number of rotatable bonds is 6. The van der Waals surface area contributed by atoms with Gasteiger partial charge in [-0.2, -0.15) is 0 Å². The Balaban J connectivity index is 2.33. The summed E-state index contributed by atoms with van der Waals surface area (Å²) in [6.45, 7) is 5.00. The minimum Gasteiger partial charge on any atom is -0.330 e. The first kappa shape index (κ1) is 12.1. The Hall–Kier alpha value is -0.930. The maximum atomic E-state index is 5.53. The van der Waals surface area contributed by atoms with E-state index in [1.165, 1.54) is 0 Å². The Morgan fingerprint density at radius 1 is 1.47 bits per heavy atom. The summed E-state index contributed by atoms with van der Waals surface area (Å²) in [6.07, 6.45) is 2.93. The Labute approximate surface area is 92.3 Å². The van der Waals surface area contributed by atoms with Gasteiger partial charge in [-0.1, -0.05) is 13.0 Å².